The molecule has 0 heterocycles. The van der Waals surface area contributed by atoms with Crippen LogP contribution >= 0.6 is 11.6 Å². The van der Waals surface area contributed by atoms with Crippen LogP contribution in [0.5, 0.6) is 0 Å². The van der Waals surface area contributed by atoms with Crippen LogP contribution in [0.4, 0.5) is 5.69 Å². The number of nitrogen functional groups attached to an aromatic ring is 1. The van der Waals surface area contributed by atoms with Crippen LogP contribution < -0.4 is 11.1 Å². The lowest BCUT2D eigenvalue weighted by Gasteiger charge is -2.27. The van der Waals surface area contributed by atoms with E-state index in [0.717, 1.165) is 13.0 Å². The zero-order chi connectivity index (χ0) is 13.9. The van der Waals surface area contributed by atoms with Gasteiger partial charge in [0.1, 0.15) is 0 Å². The standard InChI is InChI=1S/C15H21ClN2O/c1-2-15(7-3-4-8-15)10-18-14(19)12-6-5-11(16)9-13(12)17/h5-6,9H,2-4,7-8,10,17H2,1H3,(H,18,19). The van der Waals surface area contributed by atoms with Crippen molar-refractivity contribution in [1.82, 2.24) is 5.32 Å². The fourth-order valence-electron chi connectivity index (χ4n) is 2.88. The molecule has 0 unspecified atom stereocenters. The van der Waals surface area contributed by atoms with Crippen LogP contribution in [0.25, 0.3) is 0 Å². The summed E-state index contributed by atoms with van der Waals surface area (Å²) in [4.78, 5) is 12.2. The van der Waals surface area contributed by atoms with Crippen LogP contribution in [0, 0.1) is 5.41 Å². The van der Waals surface area contributed by atoms with Crippen molar-refractivity contribution in [3.05, 3.63) is 28.8 Å². The highest BCUT2D eigenvalue weighted by Crippen LogP contribution is 2.40. The largest absolute Gasteiger partial charge is 0.398 e. The second kappa shape index (κ2) is 5.83. The van der Waals surface area contributed by atoms with E-state index in [2.05, 4.69) is 12.2 Å². The van der Waals surface area contributed by atoms with E-state index in [4.69, 9.17) is 17.3 Å². The minimum Gasteiger partial charge on any atom is -0.398 e. The number of halogens is 1. The molecule has 1 aromatic carbocycles. The minimum atomic E-state index is -0.103. The van der Waals surface area contributed by atoms with E-state index in [-0.39, 0.29) is 11.3 Å². The van der Waals surface area contributed by atoms with Gasteiger partial charge in [0, 0.05) is 17.3 Å². The van der Waals surface area contributed by atoms with Gasteiger partial charge in [0.25, 0.3) is 5.91 Å². The number of nitrogens with one attached hydrogen (secondary N) is 1. The number of amides is 1. The number of carbonyl (C=O) groups is 1. The zero-order valence-electron chi connectivity index (χ0n) is 11.3. The molecule has 1 aliphatic carbocycles. The third-order valence-electron chi connectivity index (χ3n) is 4.30. The molecule has 0 saturated heterocycles. The van der Waals surface area contributed by atoms with Crippen molar-refractivity contribution in [2.45, 2.75) is 39.0 Å². The summed E-state index contributed by atoms with van der Waals surface area (Å²) in [5, 5.41) is 3.58. The molecule has 0 radical (unpaired) electrons. The highest BCUT2D eigenvalue weighted by atomic mass is 35.5. The second-order valence-electron chi connectivity index (χ2n) is 5.47. The lowest BCUT2D eigenvalue weighted by atomic mass is 9.83. The van der Waals surface area contributed by atoms with Crippen molar-refractivity contribution in [2.24, 2.45) is 5.41 Å². The van der Waals surface area contributed by atoms with Crippen LogP contribution in [-0.4, -0.2) is 12.5 Å². The maximum Gasteiger partial charge on any atom is 0.253 e. The van der Waals surface area contributed by atoms with Crippen molar-refractivity contribution >= 4 is 23.2 Å². The van der Waals surface area contributed by atoms with Crippen molar-refractivity contribution in [3.63, 3.8) is 0 Å². The second-order valence-corrected chi connectivity index (χ2v) is 5.91. The Morgan fingerprint density at radius 1 is 1.42 bits per heavy atom. The Kier molecular flexibility index (Phi) is 4.35. The van der Waals surface area contributed by atoms with Gasteiger partial charge >= 0.3 is 0 Å². The Labute approximate surface area is 119 Å². The summed E-state index contributed by atoms with van der Waals surface area (Å²) in [6, 6.07) is 4.99. The Morgan fingerprint density at radius 2 is 2.11 bits per heavy atom. The van der Waals surface area contributed by atoms with Crippen LogP contribution in [0.3, 0.4) is 0 Å². The maximum absolute atomic E-state index is 12.2. The number of hydrogen-bond acceptors (Lipinski definition) is 2. The third-order valence-corrected chi connectivity index (χ3v) is 4.53. The lowest BCUT2D eigenvalue weighted by Crippen LogP contribution is -2.35. The number of nitrogens with two attached hydrogens (primary N) is 1. The molecular formula is C15H21ClN2O. The number of hydrogen-bond donors (Lipinski definition) is 2. The first kappa shape index (κ1) is 14.2. The van der Waals surface area contributed by atoms with Gasteiger partial charge in [-0.1, -0.05) is 31.4 Å². The normalized spacial score (nSPS) is 17.4. The fourth-order valence-corrected chi connectivity index (χ4v) is 3.06. The number of benzene rings is 1. The molecule has 19 heavy (non-hydrogen) atoms. The third kappa shape index (κ3) is 3.21. The summed E-state index contributed by atoms with van der Waals surface area (Å²) < 4.78 is 0. The van der Waals surface area contributed by atoms with Gasteiger partial charge in [0.05, 0.1) is 5.56 Å². The summed E-state index contributed by atoms with van der Waals surface area (Å²) in [6.45, 7) is 2.94. The van der Waals surface area contributed by atoms with Crippen molar-refractivity contribution in [3.8, 4) is 0 Å². The monoisotopic (exact) mass is 280 g/mol. The predicted molar refractivity (Wildman–Crippen MR) is 79.4 cm³/mol. The van der Waals surface area contributed by atoms with E-state index in [1.165, 1.54) is 25.7 Å². The van der Waals surface area contributed by atoms with Gasteiger partial charge in [-0.15, -0.1) is 0 Å². The molecule has 4 heteroatoms. The Balaban J connectivity index is 2.01. The number of rotatable bonds is 4. The number of anilines is 1. The van der Waals surface area contributed by atoms with E-state index < -0.39 is 0 Å². The van der Waals surface area contributed by atoms with Crippen molar-refractivity contribution in [2.75, 3.05) is 12.3 Å². The molecule has 3 nitrogen and oxygen atoms in total. The fraction of sp³-hybridized carbons (Fsp3) is 0.533. The molecule has 1 saturated carbocycles. The molecule has 0 spiro atoms. The molecule has 1 amide bonds. The van der Waals surface area contributed by atoms with Gasteiger partial charge < -0.3 is 11.1 Å². The highest BCUT2D eigenvalue weighted by molar-refractivity contribution is 6.31. The Bertz CT molecular complexity index is 467. The van der Waals surface area contributed by atoms with Gasteiger partial charge in [0.15, 0.2) is 0 Å². The van der Waals surface area contributed by atoms with Gasteiger partial charge in [-0.05, 0) is 42.9 Å². The smallest absolute Gasteiger partial charge is 0.253 e. The van der Waals surface area contributed by atoms with Crippen molar-refractivity contribution in [1.29, 1.82) is 0 Å². The van der Waals surface area contributed by atoms with E-state index >= 15 is 0 Å². The quantitative estimate of drug-likeness (QED) is 0.828. The van der Waals surface area contributed by atoms with E-state index in [9.17, 15) is 4.79 Å². The maximum atomic E-state index is 12.2. The van der Waals surface area contributed by atoms with Gasteiger partial charge in [0.2, 0.25) is 0 Å². The first-order chi connectivity index (χ1) is 9.06. The zero-order valence-corrected chi connectivity index (χ0v) is 12.1. The topological polar surface area (TPSA) is 55.1 Å². The molecule has 0 atom stereocenters. The van der Waals surface area contributed by atoms with E-state index in [1.54, 1.807) is 18.2 Å². The molecule has 0 aliphatic heterocycles. The summed E-state index contributed by atoms with van der Waals surface area (Å²) in [6.07, 6.45) is 6.07. The van der Waals surface area contributed by atoms with Gasteiger partial charge in [-0.2, -0.15) is 0 Å². The molecule has 1 aliphatic rings. The molecule has 1 fully saturated rings. The highest BCUT2D eigenvalue weighted by Gasteiger charge is 2.32. The van der Waals surface area contributed by atoms with Crippen molar-refractivity contribution < 1.29 is 4.79 Å². The number of carbonyl (C=O) groups excluding carboxylic acids is 1. The average Bonchev–Trinajstić information content (AvgIpc) is 2.85. The van der Waals surface area contributed by atoms with Crippen LogP contribution in [0.1, 0.15) is 49.4 Å². The SMILES string of the molecule is CCC1(CNC(=O)c2ccc(Cl)cc2N)CCCC1. The van der Waals surface area contributed by atoms with Gasteiger partial charge in [-0.25, -0.2) is 0 Å². The molecule has 0 aromatic heterocycles. The van der Waals surface area contributed by atoms with Gasteiger partial charge in [-0.3, -0.25) is 4.79 Å². The minimum absolute atomic E-state index is 0.103. The molecular weight excluding hydrogens is 260 g/mol. The van der Waals surface area contributed by atoms with E-state index in [1.807, 2.05) is 0 Å². The first-order valence-corrected chi connectivity index (χ1v) is 7.27. The molecule has 2 rings (SSSR count). The lowest BCUT2D eigenvalue weighted by molar-refractivity contribution is 0.0929. The molecule has 0 bridgehead atoms. The first-order valence-electron chi connectivity index (χ1n) is 6.89. The van der Waals surface area contributed by atoms with E-state index in [0.29, 0.717) is 16.3 Å². The summed E-state index contributed by atoms with van der Waals surface area (Å²) in [5.41, 5.74) is 7.06. The molecule has 3 N–H and O–H groups in total. The summed E-state index contributed by atoms with van der Waals surface area (Å²) in [7, 11) is 0. The van der Waals surface area contributed by atoms with Crippen LogP contribution in [-0.2, 0) is 0 Å². The Morgan fingerprint density at radius 3 is 2.68 bits per heavy atom. The summed E-state index contributed by atoms with van der Waals surface area (Å²) in [5.74, 6) is -0.103. The summed E-state index contributed by atoms with van der Waals surface area (Å²) >= 11 is 5.84. The Hall–Kier alpha value is -1.22. The average molecular weight is 281 g/mol. The predicted octanol–water partition coefficient (Wildman–Crippen LogP) is 3.62. The van der Waals surface area contributed by atoms with Crippen LogP contribution in [0.2, 0.25) is 5.02 Å². The van der Waals surface area contributed by atoms with Crippen LogP contribution in [0.15, 0.2) is 18.2 Å². The molecule has 104 valence electrons. The molecule has 1 aromatic rings.